The molecule has 43 heavy (non-hydrogen) atoms. The summed E-state index contributed by atoms with van der Waals surface area (Å²) in [5, 5.41) is 5.63. The molecular weight excluding hydrogens is 577 g/mol. The van der Waals surface area contributed by atoms with Crippen LogP contribution in [-0.4, -0.2) is 37.0 Å². The second-order valence-corrected chi connectivity index (χ2v) is 12.7. The van der Waals surface area contributed by atoms with Crippen LogP contribution in [0.25, 0.3) is 0 Å². The van der Waals surface area contributed by atoms with Gasteiger partial charge in [0, 0.05) is 29.7 Å². The highest BCUT2D eigenvalue weighted by Crippen LogP contribution is 2.64. The summed E-state index contributed by atoms with van der Waals surface area (Å²) >= 11 is 6.26. The van der Waals surface area contributed by atoms with Crippen LogP contribution in [0.1, 0.15) is 61.0 Å². The van der Waals surface area contributed by atoms with Crippen LogP contribution in [0.5, 0.6) is 5.75 Å². The Bertz CT molecular complexity index is 1680. The van der Waals surface area contributed by atoms with Crippen LogP contribution < -0.4 is 20.9 Å². The number of hydrogen-bond acceptors (Lipinski definition) is 6. The average molecular weight is 610 g/mol. The average Bonchev–Trinajstić information content (AvgIpc) is 3.43. The molecule has 1 aliphatic carbocycles. The van der Waals surface area contributed by atoms with Crippen molar-refractivity contribution in [3.05, 3.63) is 86.5 Å². The maximum absolute atomic E-state index is 15.9. The number of fused-ring (bicyclic) bond motifs is 2. The molecule has 4 atom stereocenters. The van der Waals surface area contributed by atoms with Gasteiger partial charge in [0.25, 0.3) is 0 Å². The van der Waals surface area contributed by atoms with E-state index in [0.29, 0.717) is 23.4 Å². The number of nitrogens with one attached hydrogen (secondary N) is 3. The van der Waals surface area contributed by atoms with Gasteiger partial charge in [-0.2, -0.15) is 0 Å². The van der Waals surface area contributed by atoms with Crippen LogP contribution in [0.2, 0.25) is 5.02 Å². The van der Waals surface area contributed by atoms with Gasteiger partial charge in [-0.15, -0.1) is 0 Å². The van der Waals surface area contributed by atoms with E-state index in [0.717, 1.165) is 0 Å². The number of hydrogen-bond donors (Lipinski definition) is 3. The molecular formula is C32H33ClFN3O6. The molecule has 3 aromatic rings. The summed E-state index contributed by atoms with van der Waals surface area (Å²) in [6.45, 7) is 6.12. The van der Waals surface area contributed by atoms with Gasteiger partial charge < -0.3 is 25.1 Å². The Morgan fingerprint density at radius 3 is 2.56 bits per heavy atom. The van der Waals surface area contributed by atoms with Gasteiger partial charge in [-0.3, -0.25) is 14.4 Å². The summed E-state index contributed by atoms with van der Waals surface area (Å²) in [5.41, 5.74) is -0.561. The third kappa shape index (κ3) is 5.18. The first-order chi connectivity index (χ1) is 20.3. The van der Waals surface area contributed by atoms with Crippen molar-refractivity contribution in [3.8, 4) is 5.75 Å². The Hall–Kier alpha value is -4.18. The molecule has 1 saturated carbocycles. The first-order valence-corrected chi connectivity index (χ1v) is 14.3. The van der Waals surface area contributed by atoms with Crippen molar-refractivity contribution in [1.29, 1.82) is 0 Å². The summed E-state index contributed by atoms with van der Waals surface area (Å²) in [6, 6.07) is 10.3. The zero-order valence-electron chi connectivity index (χ0n) is 24.5. The molecule has 3 N–H and O–H groups in total. The molecule has 1 aromatic heterocycles. The number of anilines is 2. The molecule has 0 unspecified atom stereocenters. The summed E-state index contributed by atoms with van der Waals surface area (Å²) < 4.78 is 26.2. The number of pyridine rings is 1. The summed E-state index contributed by atoms with van der Waals surface area (Å²) in [7, 11) is 2.66. The molecule has 11 heteroatoms. The number of halogens is 2. The second kappa shape index (κ2) is 11.1. The van der Waals surface area contributed by atoms with E-state index < -0.39 is 52.3 Å². The molecule has 1 aliphatic heterocycles. The molecule has 0 saturated heterocycles. The number of H-pyrrole nitrogens is 1. The Balaban J connectivity index is 1.69. The summed E-state index contributed by atoms with van der Waals surface area (Å²) in [6.07, 6.45) is 2.27. The highest BCUT2D eigenvalue weighted by molar-refractivity contribution is 6.30. The molecule has 2 aromatic carbocycles. The van der Waals surface area contributed by atoms with E-state index in [2.05, 4.69) is 15.6 Å². The maximum Gasteiger partial charge on any atom is 0.337 e. The van der Waals surface area contributed by atoms with E-state index >= 15 is 4.39 Å². The number of benzene rings is 2. The van der Waals surface area contributed by atoms with Gasteiger partial charge in [-0.25, -0.2) is 9.18 Å². The molecule has 9 nitrogen and oxygen atoms in total. The van der Waals surface area contributed by atoms with Crippen molar-refractivity contribution >= 4 is 40.8 Å². The Morgan fingerprint density at radius 2 is 1.88 bits per heavy atom. The number of aromatic nitrogens is 1. The molecule has 0 radical (unpaired) electrons. The van der Waals surface area contributed by atoms with Gasteiger partial charge in [0.05, 0.1) is 41.6 Å². The quantitative estimate of drug-likeness (QED) is 0.310. The third-order valence-corrected chi connectivity index (χ3v) is 8.75. The van der Waals surface area contributed by atoms with Gasteiger partial charge >= 0.3 is 5.97 Å². The minimum atomic E-state index is -1.39. The highest BCUT2D eigenvalue weighted by Gasteiger charge is 2.66. The number of ether oxygens (including phenoxy) is 2. The number of rotatable bonds is 6. The van der Waals surface area contributed by atoms with Gasteiger partial charge in [0.2, 0.25) is 17.4 Å². The lowest BCUT2D eigenvalue weighted by Gasteiger charge is -2.38. The standard InChI is InChI=1S/C32H33ClFN3O6/c1-31(2,3)14-17-12-19(28(39)36-22-10-9-16(29(40)43-5)11-24(22)42-4)26(18-7-6-8-21(33)27(18)34)32(17)20-15-35-25(38)13-23(20)37-30(32)41/h6-11,13,15,17,19,26H,12,14H2,1-5H3,(H,35,38)(H,36,39)(H,37,41)/t17-,19+,26-,32-/m0/s1. The number of amides is 2. The molecule has 226 valence electrons. The van der Waals surface area contributed by atoms with Crippen molar-refractivity contribution in [1.82, 2.24) is 4.98 Å². The number of esters is 1. The van der Waals surface area contributed by atoms with E-state index in [1.54, 1.807) is 12.1 Å². The van der Waals surface area contributed by atoms with Gasteiger partial charge in [-0.05, 0) is 54.0 Å². The van der Waals surface area contributed by atoms with Crippen molar-refractivity contribution in [2.45, 2.75) is 44.9 Å². The molecule has 1 spiro atoms. The second-order valence-electron chi connectivity index (χ2n) is 12.3. The van der Waals surface area contributed by atoms with Crippen LogP contribution in [0.4, 0.5) is 15.8 Å². The van der Waals surface area contributed by atoms with Crippen LogP contribution in [-0.2, 0) is 19.7 Å². The fourth-order valence-electron chi connectivity index (χ4n) is 6.91. The van der Waals surface area contributed by atoms with E-state index in [-0.39, 0.29) is 33.7 Å². The Labute approximate surface area is 253 Å². The molecule has 2 heterocycles. The summed E-state index contributed by atoms with van der Waals surface area (Å²) in [5.74, 6) is -4.22. The van der Waals surface area contributed by atoms with Crippen molar-refractivity contribution in [2.75, 3.05) is 24.9 Å². The topological polar surface area (TPSA) is 127 Å². The Kier molecular flexibility index (Phi) is 7.85. The predicted molar refractivity (Wildman–Crippen MR) is 160 cm³/mol. The van der Waals surface area contributed by atoms with Gasteiger partial charge in [0.15, 0.2) is 0 Å². The lowest BCUT2D eigenvalue weighted by molar-refractivity contribution is -0.123. The summed E-state index contributed by atoms with van der Waals surface area (Å²) in [4.78, 5) is 55.5. The largest absolute Gasteiger partial charge is 0.495 e. The lowest BCUT2D eigenvalue weighted by Crippen LogP contribution is -2.45. The molecule has 1 fully saturated rings. The van der Waals surface area contributed by atoms with Crippen LogP contribution in [0.3, 0.4) is 0 Å². The highest BCUT2D eigenvalue weighted by atomic mass is 35.5. The monoisotopic (exact) mass is 609 g/mol. The lowest BCUT2D eigenvalue weighted by atomic mass is 9.62. The van der Waals surface area contributed by atoms with Crippen LogP contribution in [0.15, 0.2) is 53.5 Å². The number of methoxy groups -OCH3 is 2. The van der Waals surface area contributed by atoms with E-state index in [4.69, 9.17) is 21.1 Å². The smallest absolute Gasteiger partial charge is 0.337 e. The molecule has 5 rings (SSSR count). The fraction of sp³-hybridized carbons (Fsp3) is 0.375. The van der Waals surface area contributed by atoms with Gasteiger partial charge in [-0.1, -0.05) is 44.5 Å². The SMILES string of the molecule is COC(=O)c1ccc(NC(=O)[C@@H]2C[C@@H](CC(C)(C)C)[C@@]3(C(=O)Nc4cc(=O)[nH]cc43)[C@H]2c2cccc(Cl)c2F)c(OC)c1. The number of carbonyl (C=O) groups is 3. The van der Waals surface area contributed by atoms with E-state index in [1.165, 1.54) is 50.7 Å². The fourth-order valence-corrected chi connectivity index (χ4v) is 7.09. The van der Waals surface area contributed by atoms with Crippen LogP contribution in [0, 0.1) is 23.1 Å². The maximum atomic E-state index is 15.9. The Morgan fingerprint density at radius 1 is 1.14 bits per heavy atom. The molecule has 2 amide bonds. The first-order valence-electron chi connectivity index (χ1n) is 13.9. The minimum absolute atomic E-state index is 0.131. The van der Waals surface area contributed by atoms with Crippen molar-refractivity contribution in [2.24, 2.45) is 17.3 Å². The number of aromatic amines is 1. The minimum Gasteiger partial charge on any atom is -0.495 e. The number of carbonyl (C=O) groups excluding carboxylic acids is 3. The predicted octanol–water partition coefficient (Wildman–Crippen LogP) is 5.65. The molecule has 0 bridgehead atoms. The third-order valence-electron chi connectivity index (χ3n) is 8.46. The van der Waals surface area contributed by atoms with E-state index in [1.807, 2.05) is 20.8 Å². The van der Waals surface area contributed by atoms with Crippen molar-refractivity contribution in [3.63, 3.8) is 0 Å². The normalized spacial score (nSPS) is 22.7. The first kappa shape index (κ1) is 30.3. The van der Waals surface area contributed by atoms with E-state index in [9.17, 15) is 19.2 Å². The zero-order chi connectivity index (χ0) is 31.3. The van der Waals surface area contributed by atoms with Crippen molar-refractivity contribution < 1.29 is 28.2 Å². The zero-order valence-corrected chi connectivity index (χ0v) is 25.2. The van der Waals surface area contributed by atoms with Gasteiger partial charge in [0.1, 0.15) is 11.6 Å². The molecule has 2 aliphatic rings. The van der Waals surface area contributed by atoms with Crippen LogP contribution >= 0.6 is 11.6 Å².